The summed E-state index contributed by atoms with van der Waals surface area (Å²) in [6.45, 7) is 2.60. The van der Waals surface area contributed by atoms with Gasteiger partial charge in [-0.2, -0.15) is 0 Å². The van der Waals surface area contributed by atoms with Crippen LogP contribution >= 0.6 is 0 Å². The SMILES string of the molecule is CCCC(=O)NC1(CN)CCC1. The predicted molar refractivity (Wildman–Crippen MR) is 48.7 cm³/mol. The maximum absolute atomic E-state index is 11.2. The van der Waals surface area contributed by atoms with Gasteiger partial charge in [-0.3, -0.25) is 4.79 Å². The first-order valence-electron chi connectivity index (χ1n) is 4.73. The molecule has 0 aromatic rings. The molecule has 1 rings (SSSR count). The second-order valence-electron chi connectivity index (χ2n) is 3.64. The van der Waals surface area contributed by atoms with Gasteiger partial charge < -0.3 is 11.1 Å². The van der Waals surface area contributed by atoms with Crippen molar-refractivity contribution in [3.05, 3.63) is 0 Å². The van der Waals surface area contributed by atoms with Crippen LogP contribution in [0.2, 0.25) is 0 Å². The smallest absolute Gasteiger partial charge is 0.220 e. The van der Waals surface area contributed by atoms with E-state index >= 15 is 0 Å². The van der Waals surface area contributed by atoms with Crippen LogP contribution in [0.3, 0.4) is 0 Å². The third kappa shape index (κ3) is 1.97. The molecule has 1 aliphatic carbocycles. The van der Waals surface area contributed by atoms with Crippen LogP contribution in [0.1, 0.15) is 39.0 Å². The van der Waals surface area contributed by atoms with E-state index in [9.17, 15) is 4.79 Å². The molecule has 0 atom stereocenters. The Morgan fingerprint density at radius 1 is 1.58 bits per heavy atom. The van der Waals surface area contributed by atoms with Crippen molar-refractivity contribution in [1.29, 1.82) is 0 Å². The summed E-state index contributed by atoms with van der Waals surface area (Å²) in [4.78, 5) is 11.2. The number of nitrogens with one attached hydrogen (secondary N) is 1. The lowest BCUT2D eigenvalue weighted by molar-refractivity contribution is -0.124. The molecule has 1 aliphatic rings. The molecule has 0 bridgehead atoms. The molecule has 3 N–H and O–H groups in total. The number of nitrogens with two attached hydrogens (primary N) is 1. The summed E-state index contributed by atoms with van der Waals surface area (Å²) in [6.07, 6.45) is 4.84. The Balaban J connectivity index is 2.32. The van der Waals surface area contributed by atoms with Gasteiger partial charge in [0, 0.05) is 13.0 Å². The van der Waals surface area contributed by atoms with Crippen LogP contribution in [0, 0.1) is 0 Å². The van der Waals surface area contributed by atoms with Crippen molar-refractivity contribution >= 4 is 5.91 Å². The molecule has 3 heteroatoms. The normalized spacial score (nSPS) is 19.8. The van der Waals surface area contributed by atoms with Crippen molar-refractivity contribution in [3.63, 3.8) is 0 Å². The Morgan fingerprint density at radius 3 is 2.58 bits per heavy atom. The highest BCUT2D eigenvalue weighted by atomic mass is 16.1. The monoisotopic (exact) mass is 170 g/mol. The topological polar surface area (TPSA) is 55.1 Å². The maximum atomic E-state index is 11.2. The van der Waals surface area contributed by atoms with E-state index in [1.165, 1.54) is 6.42 Å². The van der Waals surface area contributed by atoms with Gasteiger partial charge >= 0.3 is 0 Å². The Bertz CT molecular complexity index is 158. The summed E-state index contributed by atoms with van der Waals surface area (Å²) < 4.78 is 0. The zero-order chi connectivity index (χ0) is 9.03. The van der Waals surface area contributed by atoms with Crippen LogP contribution in [-0.4, -0.2) is 18.0 Å². The second kappa shape index (κ2) is 3.90. The molecule has 1 amide bonds. The van der Waals surface area contributed by atoms with Gasteiger partial charge in [0.15, 0.2) is 0 Å². The highest BCUT2D eigenvalue weighted by molar-refractivity contribution is 5.76. The van der Waals surface area contributed by atoms with E-state index in [-0.39, 0.29) is 11.4 Å². The van der Waals surface area contributed by atoms with Gasteiger partial charge in [0.05, 0.1) is 5.54 Å². The standard InChI is InChI=1S/C9H18N2O/c1-2-4-8(12)11-9(7-10)5-3-6-9/h2-7,10H2,1H3,(H,11,12). The maximum Gasteiger partial charge on any atom is 0.220 e. The number of carbonyl (C=O) groups excluding carboxylic acids is 1. The molecule has 0 radical (unpaired) electrons. The van der Waals surface area contributed by atoms with Crippen LogP contribution in [0.4, 0.5) is 0 Å². The first kappa shape index (κ1) is 9.52. The molecular formula is C9H18N2O. The van der Waals surface area contributed by atoms with E-state index in [1.54, 1.807) is 0 Å². The summed E-state index contributed by atoms with van der Waals surface area (Å²) in [5.41, 5.74) is 5.56. The Labute approximate surface area is 73.7 Å². The minimum Gasteiger partial charge on any atom is -0.349 e. The lowest BCUT2D eigenvalue weighted by atomic mass is 9.76. The molecular weight excluding hydrogens is 152 g/mol. The van der Waals surface area contributed by atoms with Gasteiger partial charge in [0.1, 0.15) is 0 Å². The first-order chi connectivity index (χ1) is 5.72. The average molecular weight is 170 g/mol. The third-order valence-corrected chi connectivity index (χ3v) is 2.58. The average Bonchev–Trinajstić information content (AvgIpc) is 1.97. The van der Waals surface area contributed by atoms with Crippen molar-refractivity contribution in [3.8, 4) is 0 Å². The van der Waals surface area contributed by atoms with Crippen LogP contribution in [0.5, 0.6) is 0 Å². The predicted octanol–water partition coefficient (Wildman–Crippen LogP) is 0.784. The van der Waals surface area contributed by atoms with Crippen molar-refractivity contribution in [1.82, 2.24) is 5.32 Å². The highest BCUT2D eigenvalue weighted by Crippen LogP contribution is 2.30. The lowest BCUT2D eigenvalue weighted by Gasteiger charge is -2.41. The molecule has 0 spiro atoms. The van der Waals surface area contributed by atoms with Crippen molar-refractivity contribution in [2.45, 2.75) is 44.6 Å². The summed E-state index contributed by atoms with van der Waals surface area (Å²) in [5, 5.41) is 3.02. The first-order valence-corrected chi connectivity index (χ1v) is 4.73. The fraction of sp³-hybridized carbons (Fsp3) is 0.889. The minimum atomic E-state index is -0.0355. The van der Waals surface area contributed by atoms with E-state index in [4.69, 9.17) is 5.73 Å². The molecule has 0 heterocycles. The molecule has 0 aromatic carbocycles. The van der Waals surface area contributed by atoms with Crippen molar-refractivity contribution in [2.75, 3.05) is 6.54 Å². The zero-order valence-corrected chi connectivity index (χ0v) is 7.73. The number of rotatable bonds is 4. The lowest BCUT2D eigenvalue weighted by Crippen LogP contribution is -2.58. The quantitative estimate of drug-likeness (QED) is 0.655. The molecule has 0 saturated heterocycles. The summed E-state index contributed by atoms with van der Waals surface area (Å²) in [7, 11) is 0. The molecule has 3 nitrogen and oxygen atoms in total. The van der Waals surface area contributed by atoms with Gasteiger partial charge in [-0.25, -0.2) is 0 Å². The van der Waals surface area contributed by atoms with Crippen LogP contribution < -0.4 is 11.1 Å². The van der Waals surface area contributed by atoms with Gasteiger partial charge in [0.25, 0.3) is 0 Å². The summed E-state index contributed by atoms with van der Waals surface area (Å²) in [5.74, 6) is 0.155. The highest BCUT2D eigenvalue weighted by Gasteiger charge is 2.36. The summed E-state index contributed by atoms with van der Waals surface area (Å²) in [6, 6.07) is 0. The Kier molecular flexibility index (Phi) is 3.09. The van der Waals surface area contributed by atoms with E-state index in [0.29, 0.717) is 13.0 Å². The minimum absolute atomic E-state index is 0.0355. The van der Waals surface area contributed by atoms with Gasteiger partial charge in [-0.1, -0.05) is 6.92 Å². The van der Waals surface area contributed by atoms with E-state index in [0.717, 1.165) is 19.3 Å². The molecule has 0 unspecified atom stereocenters. The molecule has 1 fully saturated rings. The number of carbonyl (C=O) groups is 1. The second-order valence-corrected chi connectivity index (χ2v) is 3.64. The Morgan fingerprint density at radius 2 is 2.25 bits per heavy atom. The number of amides is 1. The Hall–Kier alpha value is -0.570. The van der Waals surface area contributed by atoms with Crippen LogP contribution in [0.25, 0.3) is 0 Å². The van der Waals surface area contributed by atoms with Gasteiger partial charge in [0.2, 0.25) is 5.91 Å². The largest absolute Gasteiger partial charge is 0.349 e. The van der Waals surface area contributed by atoms with Gasteiger partial charge in [-0.15, -0.1) is 0 Å². The molecule has 0 aliphatic heterocycles. The van der Waals surface area contributed by atoms with Crippen molar-refractivity contribution < 1.29 is 4.79 Å². The molecule has 0 aromatic heterocycles. The fourth-order valence-electron chi connectivity index (χ4n) is 1.57. The molecule has 12 heavy (non-hydrogen) atoms. The number of hydrogen-bond acceptors (Lipinski definition) is 2. The summed E-state index contributed by atoms with van der Waals surface area (Å²) >= 11 is 0. The fourth-order valence-corrected chi connectivity index (χ4v) is 1.57. The molecule has 70 valence electrons. The number of hydrogen-bond donors (Lipinski definition) is 2. The van der Waals surface area contributed by atoms with E-state index in [1.807, 2.05) is 6.92 Å². The van der Waals surface area contributed by atoms with Crippen LogP contribution in [-0.2, 0) is 4.79 Å². The zero-order valence-electron chi connectivity index (χ0n) is 7.73. The van der Waals surface area contributed by atoms with E-state index < -0.39 is 0 Å². The van der Waals surface area contributed by atoms with E-state index in [2.05, 4.69) is 5.32 Å². The third-order valence-electron chi connectivity index (χ3n) is 2.58. The van der Waals surface area contributed by atoms with Gasteiger partial charge in [-0.05, 0) is 25.7 Å². The van der Waals surface area contributed by atoms with Crippen molar-refractivity contribution in [2.24, 2.45) is 5.73 Å². The molecule has 1 saturated carbocycles. The van der Waals surface area contributed by atoms with Crippen LogP contribution in [0.15, 0.2) is 0 Å².